The van der Waals surface area contributed by atoms with Crippen LogP contribution in [0.3, 0.4) is 0 Å². The lowest BCUT2D eigenvalue weighted by molar-refractivity contribution is -0.138. The molecule has 3 aliphatic carbocycles. The maximum absolute atomic E-state index is 13.7. The predicted molar refractivity (Wildman–Crippen MR) is 208 cm³/mol. The Labute approximate surface area is 320 Å². The van der Waals surface area contributed by atoms with E-state index in [1.54, 1.807) is 0 Å². The number of aromatic amines is 2. The van der Waals surface area contributed by atoms with Crippen LogP contribution < -0.4 is 5.32 Å². The molecule has 12 nitrogen and oxygen atoms in total. The molecule has 0 radical (unpaired) electrons. The van der Waals surface area contributed by atoms with E-state index in [1.807, 2.05) is 55.0 Å². The summed E-state index contributed by atoms with van der Waals surface area (Å²) in [6.45, 7) is 9.52. The van der Waals surface area contributed by atoms with Crippen LogP contribution in [0.15, 0.2) is 36.7 Å². The molecule has 0 spiro atoms. The molecule has 8 rings (SSSR count). The number of hydrogen-bond acceptors (Lipinski definition) is 7. The largest absolute Gasteiger partial charge is 0.453 e. The normalized spacial score (nSPS) is 26.6. The van der Waals surface area contributed by atoms with Crippen molar-refractivity contribution in [3.8, 4) is 11.3 Å². The number of amides is 3. The number of rotatable bonds is 11. The molecular formula is C42H60N8O4. The monoisotopic (exact) mass is 740 g/mol. The maximum Gasteiger partial charge on any atom is 0.407 e. The number of likely N-dealkylation sites (tertiary alicyclic amines) is 2. The van der Waals surface area contributed by atoms with Crippen LogP contribution in [-0.2, 0) is 25.2 Å². The van der Waals surface area contributed by atoms with E-state index in [1.165, 1.54) is 18.4 Å². The van der Waals surface area contributed by atoms with Gasteiger partial charge in [-0.15, -0.1) is 0 Å². The third-order valence-electron chi connectivity index (χ3n) is 13.4. The Hall–Kier alpha value is -4.19. The summed E-state index contributed by atoms with van der Waals surface area (Å²) in [4.78, 5) is 62.2. The highest BCUT2D eigenvalue weighted by molar-refractivity contribution is 5.86. The van der Waals surface area contributed by atoms with Crippen molar-refractivity contribution in [1.82, 2.24) is 40.0 Å². The van der Waals surface area contributed by atoms with E-state index in [0.717, 1.165) is 93.7 Å². The summed E-state index contributed by atoms with van der Waals surface area (Å²) in [5.41, 5.74) is 4.98. The van der Waals surface area contributed by atoms with Gasteiger partial charge in [-0.1, -0.05) is 52.0 Å². The second-order valence-corrected chi connectivity index (χ2v) is 17.4. The number of hydrogen-bond donors (Lipinski definition) is 3. The quantitative estimate of drug-likeness (QED) is 0.200. The number of ether oxygens (including phenoxy) is 1. The molecule has 12 heteroatoms. The van der Waals surface area contributed by atoms with Crippen LogP contribution in [0.25, 0.3) is 11.3 Å². The van der Waals surface area contributed by atoms with Crippen molar-refractivity contribution in [1.29, 1.82) is 0 Å². The summed E-state index contributed by atoms with van der Waals surface area (Å²) in [6, 6.07) is 8.18. The number of fused-ring (bicyclic) bond motifs is 3. The fraction of sp³-hybridized carbons (Fsp3) is 0.643. The highest BCUT2D eigenvalue weighted by Gasteiger charge is 2.51. The van der Waals surface area contributed by atoms with Crippen LogP contribution in [0.1, 0.15) is 127 Å². The van der Waals surface area contributed by atoms with Gasteiger partial charge in [0.15, 0.2) is 0 Å². The minimum absolute atomic E-state index is 0.0199. The topological polar surface area (TPSA) is 140 Å². The van der Waals surface area contributed by atoms with Gasteiger partial charge in [0, 0.05) is 30.4 Å². The Morgan fingerprint density at radius 2 is 1.35 bits per heavy atom. The number of likely N-dealkylation sites (N-methyl/N-ethyl adjacent to an activating group) is 1. The number of H-pyrrole nitrogens is 2. The number of carbonyl (C=O) groups excluding carboxylic acids is 3. The van der Waals surface area contributed by atoms with Crippen molar-refractivity contribution in [2.45, 2.75) is 127 Å². The van der Waals surface area contributed by atoms with E-state index in [-0.39, 0.29) is 52.6 Å². The first-order chi connectivity index (χ1) is 25.9. The minimum atomic E-state index is -0.646. The Bertz CT molecular complexity index is 1780. The molecule has 0 unspecified atom stereocenters. The Morgan fingerprint density at radius 1 is 0.796 bits per heavy atom. The van der Waals surface area contributed by atoms with Crippen molar-refractivity contribution in [3.63, 3.8) is 0 Å². The van der Waals surface area contributed by atoms with Gasteiger partial charge in [-0.3, -0.25) is 14.5 Å². The van der Waals surface area contributed by atoms with Gasteiger partial charge >= 0.3 is 6.09 Å². The lowest BCUT2D eigenvalue weighted by Crippen LogP contribution is -2.51. The zero-order valence-electron chi connectivity index (χ0n) is 33.3. The zero-order valence-corrected chi connectivity index (χ0v) is 33.3. The summed E-state index contributed by atoms with van der Waals surface area (Å²) in [7, 11) is 5.29. The van der Waals surface area contributed by atoms with Gasteiger partial charge in [0.1, 0.15) is 17.7 Å². The predicted octanol–water partition coefficient (Wildman–Crippen LogP) is 6.64. The van der Waals surface area contributed by atoms with Gasteiger partial charge in [0.2, 0.25) is 11.8 Å². The summed E-state index contributed by atoms with van der Waals surface area (Å²) < 4.78 is 4.80. The number of imidazole rings is 2. The van der Waals surface area contributed by atoms with Crippen molar-refractivity contribution >= 4 is 17.9 Å². The van der Waals surface area contributed by atoms with Gasteiger partial charge < -0.3 is 29.8 Å². The van der Waals surface area contributed by atoms with E-state index in [0.29, 0.717) is 6.54 Å². The average Bonchev–Trinajstić information content (AvgIpc) is 4.00. The molecule has 1 aromatic carbocycles. The second-order valence-electron chi connectivity index (χ2n) is 17.4. The van der Waals surface area contributed by atoms with Gasteiger partial charge in [-0.2, -0.15) is 0 Å². The fourth-order valence-corrected chi connectivity index (χ4v) is 10.2. The third-order valence-corrected chi connectivity index (χ3v) is 13.4. The summed E-state index contributed by atoms with van der Waals surface area (Å²) in [5, 5.41) is 2.74. The molecule has 54 heavy (non-hydrogen) atoms. The lowest BCUT2D eigenvalue weighted by Gasteiger charge is -2.53. The molecule has 292 valence electrons. The van der Waals surface area contributed by atoms with Crippen molar-refractivity contribution in [3.05, 3.63) is 59.6 Å². The minimum Gasteiger partial charge on any atom is -0.453 e. The summed E-state index contributed by atoms with van der Waals surface area (Å²) in [5.74, 6) is 2.00. The van der Waals surface area contributed by atoms with Gasteiger partial charge in [0.25, 0.3) is 0 Å². The highest BCUT2D eigenvalue weighted by atomic mass is 16.5. The first-order valence-electron chi connectivity index (χ1n) is 20.2. The molecule has 5 aliphatic rings. The number of benzene rings is 1. The molecular weight excluding hydrogens is 681 g/mol. The van der Waals surface area contributed by atoms with Crippen LogP contribution in [0.5, 0.6) is 0 Å². The summed E-state index contributed by atoms with van der Waals surface area (Å²) in [6.07, 6.45) is 13.7. The fourth-order valence-electron chi connectivity index (χ4n) is 10.2. The smallest absolute Gasteiger partial charge is 0.407 e. The molecule has 2 bridgehead atoms. The van der Waals surface area contributed by atoms with Crippen molar-refractivity contribution in [2.24, 2.45) is 11.8 Å². The third kappa shape index (κ3) is 6.95. The van der Waals surface area contributed by atoms with Crippen molar-refractivity contribution in [2.75, 3.05) is 34.3 Å². The SMILES string of the molecule is COC(=O)N[C@H](C(=O)N1CCC[C@H]1c1ncc(C23CCC(c4ccc(-c5cnc([C@@H]6CCCN6C(=O)[C@H](C(C)C)N(C)C)[nH]5)cc4)(CC2)CC3)[nH]1)C(C)C. The number of carbonyl (C=O) groups is 3. The Kier molecular flexibility index (Phi) is 10.7. The van der Waals surface area contributed by atoms with E-state index >= 15 is 0 Å². The number of alkyl carbamates (subject to hydrolysis) is 1. The first kappa shape index (κ1) is 38.1. The molecule has 4 heterocycles. The molecule has 3 saturated carbocycles. The molecule has 3 amide bonds. The zero-order chi connectivity index (χ0) is 38.4. The standard InChI is InChI=1S/C42H60N8O4/c1-26(2)34(47-40(53)54-7)38(51)49-22-8-11-32(49)37-44-25-33(46-37)42-19-16-41(17-20-42,18-21-42)29-14-12-28(13-15-29)30-24-43-36(45-30)31-10-9-23-50(31)39(52)35(27(3)4)48(5)6/h12-15,24-27,31-32,34-35H,8-11,16-23H2,1-7H3,(H,43,45)(H,44,46)(H,47,53)/t31-,32-,34-,35-,41?,42?/m0/s1. The Morgan fingerprint density at radius 3 is 1.91 bits per heavy atom. The van der Waals surface area contributed by atoms with Crippen LogP contribution in [0, 0.1) is 11.8 Å². The number of nitrogens with one attached hydrogen (secondary N) is 3. The lowest BCUT2D eigenvalue weighted by atomic mass is 9.51. The van der Waals surface area contributed by atoms with Crippen LogP contribution in [0.4, 0.5) is 4.79 Å². The van der Waals surface area contributed by atoms with E-state index < -0.39 is 12.1 Å². The molecule has 4 atom stereocenters. The maximum atomic E-state index is 13.7. The Balaban J connectivity index is 1.000. The van der Waals surface area contributed by atoms with E-state index in [9.17, 15) is 14.4 Å². The van der Waals surface area contributed by atoms with Crippen molar-refractivity contribution < 1.29 is 19.1 Å². The second kappa shape index (κ2) is 15.2. The molecule has 2 saturated heterocycles. The molecule has 2 aliphatic heterocycles. The highest BCUT2D eigenvalue weighted by Crippen LogP contribution is 2.58. The summed E-state index contributed by atoms with van der Waals surface area (Å²) >= 11 is 0. The van der Waals surface area contributed by atoms with Crippen LogP contribution >= 0.6 is 0 Å². The molecule has 3 aromatic rings. The number of nitrogens with zero attached hydrogens (tertiary/aromatic N) is 5. The molecule has 3 N–H and O–H groups in total. The first-order valence-corrected chi connectivity index (χ1v) is 20.2. The van der Waals surface area contributed by atoms with E-state index in [2.05, 4.69) is 53.4 Å². The average molecular weight is 741 g/mol. The number of methoxy groups -OCH3 is 1. The number of aromatic nitrogens is 4. The van der Waals surface area contributed by atoms with E-state index in [4.69, 9.17) is 14.7 Å². The van der Waals surface area contributed by atoms with Crippen LogP contribution in [-0.4, -0.2) is 98.9 Å². The molecule has 5 fully saturated rings. The van der Waals surface area contributed by atoms with Gasteiger partial charge in [-0.25, -0.2) is 14.8 Å². The van der Waals surface area contributed by atoms with Gasteiger partial charge in [-0.05, 0) is 107 Å². The van der Waals surface area contributed by atoms with Gasteiger partial charge in [0.05, 0.1) is 37.1 Å². The van der Waals surface area contributed by atoms with Crippen LogP contribution in [0.2, 0.25) is 0 Å². The molecule has 2 aromatic heterocycles.